The fraction of sp³-hybridized carbons (Fsp3) is 0.812. The van der Waals surface area contributed by atoms with Gasteiger partial charge in [-0.3, -0.25) is 4.79 Å². The second-order valence-corrected chi connectivity index (χ2v) is 7.96. The molecular formula is C16H28N4O2. The summed E-state index contributed by atoms with van der Waals surface area (Å²) < 4.78 is 5.24. The number of hydrogen-bond acceptors (Lipinski definition) is 5. The van der Waals surface area contributed by atoms with Crippen molar-refractivity contribution in [1.29, 1.82) is 0 Å². The third-order valence-electron chi connectivity index (χ3n) is 4.36. The standard InChI is InChI=1S/C16H28N4O2/c1-15(2,3)14-18-12(22-19-14)6-7-13(21)20-9-8-11(17)16(4,5)10-20/h11H,6-10,17H2,1-5H3. The molecule has 0 saturated carbocycles. The number of carbonyl (C=O) groups excluding carboxylic acids is 1. The zero-order valence-corrected chi connectivity index (χ0v) is 14.3. The highest BCUT2D eigenvalue weighted by atomic mass is 16.5. The molecule has 1 amide bonds. The Kier molecular flexibility index (Phi) is 4.61. The van der Waals surface area contributed by atoms with Gasteiger partial charge in [-0.2, -0.15) is 4.98 Å². The third-order valence-corrected chi connectivity index (χ3v) is 4.36. The van der Waals surface area contributed by atoms with E-state index in [1.54, 1.807) is 0 Å². The maximum atomic E-state index is 12.4. The Morgan fingerprint density at radius 2 is 2.14 bits per heavy atom. The first kappa shape index (κ1) is 16.9. The van der Waals surface area contributed by atoms with Crippen LogP contribution in [0.15, 0.2) is 4.52 Å². The van der Waals surface area contributed by atoms with Crippen LogP contribution in [0, 0.1) is 5.41 Å². The smallest absolute Gasteiger partial charge is 0.227 e. The van der Waals surface area contributed by atoms with E-state index >= 15 is 0 Å². The molecule has 6 heteroatoms. The van der Waals surface area contributed by atoms with E-state index in [9.17, 15) is 4.79 Å². The largest absolute Gasteiger partial charge is 0.342 e. The van der Waals surface area contributed by atoms with Crippen LogP contribution in [0.2, 0.25) is 0 Å². The minimum Gasteiger partial charge on any atom is -0.342 e. The number of hydrogen-bond donors (Lipinski definition) is 1. The van der Waals surface area contributed by atoms with Gasteiger partial charge in [0, 0.05) is 37.4 Å². The second-order valence-electron chi connectivity index (χ2n) is 7.96. The number of aryl methyl sites for hydroxylation is 1. The van der Waals surface area contributed by atoms with Gasteiger partial charge in [0.25, 0.3) is 0 Å². The van der Waals surface area contributed by atoms with Crippen molar-refractivity contribution in [2.24, 2.45) is 11.1 Å². The summed E-state index contributed by atoms with van der Waals surface area (Å²) in [5.74, 6) is 1.35. The molecule has 0 aliphatic carbocycles. The SMILES string of the molecule is CC(C)(C)c1noc(CCC(=O)N2CCC(N)C(C)(C)C2)n1. The minimum atomic E-state index is -0.140. The van der Waals surface area contributed by atoms with Gasteiger partial charge in [0.1, 0.15) is 0 Å². The van der Waals surface area contributed by atoms with Crippen molar-refractivity contribution in [3.05, 3.63) is 11.7 Å². The van der Waals surface area contributed by atoms with Gasteiger partial charge < -0.3 is 15.2 Å². The predicted molar refractivity (Wildman–Crippen MR) is 84.3 cm³/mol. The highest BCUT2D eigenvalue weighted by Gasteiger charge is 2.35. The zero-order valence-electron chi connectivity index (χ0n) is 14.3. The van der Waals surface area contributed by atoms with Crippen LogP contribution in [0.25, 0.3) is 0 Å². The van der Waals surface area contributed by atoms with Gasteiger partial charge in [-0.15, -0.1) is 0 Å². The predicted octanol–water partition coefficient (Wildman–Crippen LogP) is 1.89. The third kappa shape index (κ3) is 3.85. The van der Waals surface area contributed by atoms with Gasteiger partial charge in [0.05, 0.1) is 0 Å². The van der Waals surface area contributed by atoms with E-state index in [-0.39, 0.29) is 22.8 Å². The van der Waals surface area contributed by atoms with Crippen LogP contribution in [0.5, 0.6) is 0 Å². The summed E-state index contributed by atoms with van der Waals surface area (Å²) in [6.45, 7) is 11.8. The number of nitrogens with two attached hydrogens (primary N) is 1. The molecule has 1 aliphatic heterocycles. The van der Waals surface area contributed by atoms with E-state index < -0.39 is 0 Å². The van der Waals surface area contributed by atoms with E-state index in [1.165, 1.54) is 0 Å². The number of carbonyl (C=O) groups is 1. The van der Waals surface area contributed by atoms with Crippen molar-refractivity contribution in [3.8, 4) is 0 Å². The Hall–Kier alpha value is -1.43. The first-order chi connectivity index (χ1) is 10.1. The van der Waals surface area contributed by atoms with Crippen molar-refractivity contribution in [2.45, 2.75) is 65.3 Å². The first-order valence-electron chi connectivity index (χ1n) is 7.96. The van der Waals surface area contributed by atoms with Crippen LogP contribution >= 0.6 is 0 Å². The van der Waals surface area contributed by atoms with Crippen molar-refractivity contribution in [2.75, 3.05) is 13.1 Å². The minimum absolute atomic E-state index is 0.0300. The average Bonchev–Trinajstić information content (AvgIpc) is 2.88. The van der Waals surface area contributed by atoms with Crippen LogP contribution in [-0.4, -0.2) is 40.1 Å². The lowest BCUT2D eigenvalue weighted by Gasteiger charge is -2.42. The summed E-state index contributed by atoms with van der Waals surface area (Å²) in [5, 5.41) is 3.98. The summed E-state index contributed by atoms with van der Waals surface area (Å²) in [5.41, 5.74) is 5.94. The molecule has 2 heterocycles. The maximum absolute atomic E-state index is 12.4. The van der Waals surface area contributed by atoms with Crippen molar-refractivity contribution in [3.63, 3.8) is 0 Å². The summed E-state index contributed by atoms with van der Waals surface area (Å²) in [7, 11) is 0. The molecule has 2 rings (SSSR count). The number of nitrogens with zero attached hydrogens (tertiary/aromatic N) is 3. The molecule has 2 N–H and O–H groups in total. The van der Waals surface area contributed by atoms with Crippen LogP contribution < -0.4 is 5.73 Å². The molecule has 0 bridgehead atoms. The van der Waals surface area contributed by atoms with Crippen LogP contribution in [-0.2, 0) is 16.6 Å². The fourth-order valence-corrected chi connectivity index (χ4v) is 2.62. The van der Waals surface area contributed by atoms with Gasteiger partial charge in [0.15, 0.2) is 5.82 Å². The Morgan fingerprint density at radius 1 is 1.45 bits per heavy atom. The van der Waals surface area contributed by atoms with Gasteiger partial charge in [-0.05, 0) is 11.8 Å². The Labute approximate surface area is 132 Å². The molecule has 124 valence electrons. The van der Waals surface area contributed by atoms with Crippen LogP contribution in [0.4, 0.5) is 0 Å². The van der Waals surface area contributed by atoms with Gasteiger partial charge in [-0.1, -0.05) is 39.8 Å². The Morgan fingerprint density at radius 3 is 2.68 bits per heavy atom. The number of amides is 1. The monoisotopic (exact) mass is 308 g/mol. The summed E-state index contributed by atoms with van der Waals surface area (Å²) in [4.78, 5) is 18.6. The quantitative estimate of drug-likeness (QED) is 0.921. The molecule has 1 aromatic rings. The molecule has 1 atom stereocenters. The van der Waals surface area contributed by atoms with E-state index in [0.29, 0.717) is 31.1 Å². The Balaban J connectivity index is 1.89. The number of piperidine rings is 1. The summed E-state index contributed by atoms with van der Waals surface area (Å²) >= 11 is 0. The molecule has 1 aliphatic rings. The van der Waals surface area contributed by atoms with Gasteiger partial charge >= 0.3 is 0 Å². The topological polar surface area (TPSA) is 85.2 Å². The van der Waals surface area contributed by atoms with Gasteiger partial charge in [-0.25, -0.2) is 0 Å². The van der Waals surface area contributed by atoms with E-state index in [2.05, 4.69) is 24.0 Å². The van der Waals surface area contributed by atoms with Crippen LogP contribution in [0.3, 0.4) is 0 Å². The van der Waals surface area contributed by atoms with Crippen molar-refractivity contribution >= 4 is 5.91 Å². The lowest BCUT2D eigenvalue weighted by Crippen LogP contribution is -2.54. The zero-order chi connectivity index (χ0) is 16.5. The molecule has 1 aromatic heterocycles. The van der Waals surface area contributed by atoms with Crippen LogP contribution in [0.1, 0.15) is 59.2 Å². The lowest BCUT2D eigenvalue weighted by atomic mass is 9.79. The summed E-state index contributed by atoms with van der Waals surface area (Å²) in [6, 6.07) is 0.154. The average molecular weight is 308 g/mol. The fourth-order valence-electron chi connectivity index (χ4n) is 2.62. The molecule has 0 radical (unpaired) electrons. The second kappa shape index (κ2) is 5.99. The molecule has 22 heavy (non-hydrogen) atoms. The summed E-state index contributed by atoms with van der Waals surface area (Å²) in [6.07, 6.45) is 1.75. The number of likely N-dealkylation sites (tertiary alicyclic amines) is 1. The van der Waals surface area contributed by atoms with E-state index in [1.807, 2.05) is 25.7 Å². The maximum Gasteiger partial charge on any atom is 0.227 e. The lowest BCUT2D eigenvalue weighted by molar-refractivity contribution is -0.134. The van der Waals surface area contributed by atoms with Crippen molar-refractivity contribution < 1.29 is 9.32 Å². The molecule has 6 nitrogen and oxygen atoms in total. The molecule has 0 spiro atoms. The number of aromatic nitrogens is 2. The normalized spacial score (nSPS) is 21.9. The molecule has 0 aromatic carbocycles. The molecule has 1 fully saturated rings. The van der Waals surface area contributed by atoms with E-state index in [4.69, 9.17) is 10.3 Å². The molecule has 1 saturated heterocycles. The number of rotatable bonds is 3. The highest BCUT2D eigenvalue weighted by molar-refractivity contribution is 5.76. The molecule has 1 unspecified atom stereocenters. The van der Waals surface area contributed by atoms with E-state index in [0.717, 1.165) is 13.0 Å². The molecular weight excluding hydrogens is 280 g/mol. The Bertz CT molecular complexity index is 530. The highest BCUT2D eigenvalue weighted by Crippen LogP contribution is 2.28. The van der Waals surface area contributed by atoms with Crippen molar-refractivity contribution in [1.82, 2.24) is 15.0 Å². The first-order valence-corrected chi connectivity index (χ1v) is 7.96. The van der Waals surface area contributed by atoms with Gasteiger partial charge in [0.2, 0.25) is 11.8 Å².